The highest BCUT2D eigenvalue weighted by Gasteiger charge is 2.32. The van der Waals surface area contributed by atoms with Gasteiger partial charge in [0.1, 0.15) is 11.6 Å². The van der Waals surface area contributed by atoms with E-state index >= 15 is 0 Å². The summed E-state index contributed by atoms with van der Waals surface area (Å²) in [6, 6.07) is 16.1. The van der Waals surface area contributed by atoms with Gasteiger partial charge in [-0.2, -0.15) is 0 Å². The number of hydrogen-bond acceptors (Lipinski definition) is 2. The Bertz CT molecular complexity index is 902. The summed E-state index contributed by atoms with van der Waals surface area (Å²) in [6.07, 6.45) is 4.16. The van der Waals surface area contributed by atoms with Gasteiger partial charge < -0.3 is 10.0 Å². The molecule has 0 bridgehead atoms. The first-order chi connectivity index (χ1) is 12.6. The SMILES string of the molecule is CC1CC[NH+](C(c2ccc(Cl)cc2)c2ccc3cccnc3c2O)CC1. The fourth-order valence-corrected chi connectivity index (χ4v) is 4.22. The molecule has 4 heteroatoms. The molecule has 1 aliphatic rings. The Labute approximate surface area is 159 Å². The monoisotopic (exact) mass is 367 g/mol. The molecular weight excluding hydrogens is 344 g/mol. The molecule has 4 rings (SSSR count). The minimum Gasteiger partial charge on any atom is -0.505 e. The molecule has 2 N–H and O–H groups in total. The van der Waals surface area contributed by atoms with Gasteiger partial charge in [0.25, 0.3) is 0 Å². The Kier molecular flexibility index (Phi) is 4.84. The van der Waals surface area contributed by atoms with Gasteiger partial charge in [-0.25, -0.2) is 0 Å². The smallest absolute Gasteiger partial charge is 0.151 e. The number of pyridine rings is 1. The highest BCUT2D eigenvalue weighted by molar-refractivity contribution is 6.30. The van der Waals surface area contributed by atoms with Crippen LogP contribution in [0.2, 0.25) is 5.02 Å². The van der Waals surface area contributed by atoms with Crippen molar-refractivity contribution < 1.29 is 10.0 Å². The highest BCUT2D eigenvalue weighted by atomic mass is 35.5. The molecule has 134 valence electrons. The molecule has 0 aliphatic carbocycles. The van der Waals surface area contributed by atoms with Crippen molar-refractivity contribution in [1.82, 2.24) is 4.98 Å². The first-order valence-electron chi connectivity index (χ1n) is 9.30. The van der Waals surface area contributed by atoms with Crippen LogP contribution in [-0.2, 0) is 0 Å². The Balaban J connectivity index is 1.82. The van der Waals surface area contributed by atoms with Crippen molar-refractivity contribution in [2.75, 3.05) is 13.1 Å². The molecule has 1 saturated heterocycles. The zero-order valence-corrected chi connectivity index (χ0v) is 15.7. The molecular formula is C22H24ClN2O+. The molecule has 2 aromatic carbocycles. The van der Waals surface area contributed by atoms with E-state index in [1.54, 1.807) is 6.20 Å². The summed E-state index contributed by atoms with van der Waals surface area (Å²) in [5, 5.41) is 12.7. The predicted molar refractivity (Wildman–Crippen MR) is 106 cm³/mol. The molecule has 1 atom stereocenters. The van der Waals surface area contributed by atoms with E-state index in [-0.39, 0.29) is 6.04 Å². The average molecular weight is 368 g/mol. The van der Waals surface area contributed by atoms with E-state index in [4.69, 9.17) is 11.6 Å². The summed E-state index contributed by atoms with van der Waals surface area (Å²) < 4.78 is 0. The molecule has 2 heterocycles. The van der Waals surface area contributed by atoms with Gasteiger partial charge in [-0.05, 0) is 43.0 Å². The quantitative estimate of drug-likeness (QED) is 0.734. The fourth-order valence-electron chi connectivity index (χ4n) is 4.09. The van der Waals surface area contributed by atoms with Crippen LogP contribution >= 0.6 is 11.6 Å². The molecule has 0 radical (unpaired) electrons. The van der Waals surface area contributed by atoms with Crippen molar-refractivity contribution in [3.8, 4) is 5.75 Å². The molecule has 1 aliphatic heterocycles. The number of nitrogens with one attached hydrogen (secondary N) is 1. The van der Waals surface area contributed by atoms with Crippen LogP contribution in [0.25, 0.3) is 10.9 Å². The van der Waals surface area contributed by atoms with Crippen molar-refractivity contribution in [2.45, 2.75) is 25.8 Å². The molecule has 0 spiro atoms. The second-order valence-electron chi connectivity index (χ2n) is 7.40. The molecule has 0 saturated carbocycles. The molecule has 1 unspecified atom stereocenters. The lowest BCUT2D eigenvalue weighted by atomic mass is 9.91. The predicted octanol–water partition coefficient (Wildman–Crippen LogP) is 4.00. The van der Waals surface area contributed by atoms with Crippen LogP contribution in [0.1, 0.15) is 36.9 Å². The van der Waals surface area contributed by atoms with E-state index in [0.29, 0.717) is 11.3 Å². The van der Waals surface area contributed by atoms with Crippen LogP contribution in [0.4, 0.5) is 0 Å². The van der Waals surface area contributed by atoms with Gasteiger partial charge in [0.05, 0.1) is 18.7 Å². The highest BCUT2D eigenvalue weighted by Crippen LogP contribution is 2.33. The largest absolute Gasteiger partial charge is 0.505 e. The first kappa shape index (κ1) is 17.3. The van der Waals surface area contributed by atoms with Crippen LogP contribution in [0.3, 0.4) is 0 Å². The number of aromatic nitrogens is 1. The molecule has 1 fully saturated rings. The number of benzene rings is 2. The summed E-state index contributed by atoms with van der Waals surface area (Å²) in [6.45, 7) is 4.54. The minimum atomic E-state index is 0.0890. The number of phenolic OH excluding ortho intramolecular Hbond substituents is 1. The van der Waals surface area contributed by atoms with E-state index in [2.05, 4.69) is 36.2 Å². The zero-order chi connectivity index (χ0) is 18.1. The van der Waals surface area contributed by atoms with Gasteiger partial charge in [0, 0.05) is 22.2 Å². The molecule has 26 heavy (non-hydrogen) atoms. The summed E-state index contributed by atoms with van der Waals surface area (Å²) in [4.78, 5) is 5.90. The Morgan fingerprint density at radius 2 is 1.81 bits per heavy atom. The number of hydrogen-bond donors (Lipinski definition) is 2. The number of halogens is 1. The summed E-state index contributed by atoms with van der Waals surface area (Å²) >= 11 is 6.11. The van der Waals surface area contributed by atoms with Gasteiger partial charge in [-0.1, -0.05) is 42.8 Å². The molecule has 0 amide bonds. The number of fused-ring (bicyclic) bond motifs is 1. The normalized spacial score (nSPS) is 21.6. The number of aromatic hydroxyl groups is 1. The van der Waals surface area contributed by atoms with Crippen molar-refractivity contribution in [3.63, 3.8) is 0 Å². The topological polar surface area (TPSA) is 37.6 Å². The lowest BCUT2D eigenvalue weighted by molar-refractivity contribution is -0.931. The number of piperidine rings is 1. The fraction of sp³-hybridized carbons (Fsp3) is 0.318. The van der Waals surface area contributed by atoms with E-state index in [1.165, 1.54) is 23.3 Å². The standard InChI is InChI=1S/C22H23ClN2O/c1-15-10-13-25(14-11-15)21(17-4-7-18(23)8-5-17)19-9-6-16-3-2-12-24-20(16)22(19)26/h2-9,12,15,21,26H,10-11,13-14H2,1H3/p+1. The maximum atomic E-state index is 11.0. The Hall–Kier alpha value is -2.10. The number of phenols is 1. The first-order valence-corrected chi connectivity index (χ1v) is 9.68. The third-order valence-corrected chi connectivity index (χ3v) is 5.87. The van der Waals surface area contributed by atoms with Crippen molar-refractivity contribution in [1.29, 1.82) is 0 Å². The van der Waals surface area contributed by atoms with Crippen LogP contribution in [0.15, 0.2) is 54.7 Å². The maximum absolute atomic E-state index is 11.0. The number of rotatable bonds is 3. The van der Waals surface area contributed by atoms with Crippen molar-refractivity contribution in [2.24, 2.45) is 5.92 Å². The van der Waals surface area contributed by atoms with Crippen LogP contribution < -0.4 is 4.90 Å². The third kappa shape index (κ3) is 3.29. The third-order valence-electron chi connectivity index (χ3n) is 5.62. The van der Waals surface area contributed by atoms with Gasteiger partial charge in [-0.3, -0.25) is 4.98 Å². The lowest BCUT2D eigenvalue weighted by Gasteiger charge is -2.34. The van der Waals surface area contributed by atoms with Gasteiger partial charge in [0.2, 0.25) is 0 Å². The maximum Gasteiger partial charge on any atom is 0.151 e. The van der Waals surface area contributed by atoms with E-state index < -0.39 is 0 Å². The van der Waals surface area contributed by atoms with Gasteiger partial charge in [-0.15, -0.1) is 0 Å². The lowest BCUT2D eigenvalue weighted by Crippen LogP contribution is -3.13. The summed E-state index contributed by atoms with van der Waals surface area (Å²) in [5.41, 5.74) is 2.81. The summed E-state index contributed by atoms with van der Waals surface area (Å²) in [7, 11) is 0. The van der Waals surface area contributed by atoms with Crippen LogP contribution in [-0.4, -0.2) is 23.2 Å². The second kappa shape index (κ2) is 7.26. The Morgan fingerprint density at radius 3 is 2.54 bits per heavy atom. The Morgan fingerprint density at radius 1 is 1.08 bits per heavy atom. The average Bonchev–Trinajstić information content (AvgIpc) is 2.67. The number of quaternary nitrogens is 1. The van der Waals surface area contributed by atoms with Crippen LogP contribution in [0, 0.1) is 5.92 Å². The van der Waals surface area contributed by atoms with E-state index in [1.807, 2.05) is 24.3 Å². The summed E-state index contributed by atoms with van der Waals surface area (Å²) in [5.74, 6) is 1.07. The molecule has 3 aromatic rings. The van der Waals surface area contributed by atoms with E-state index in [9.17, 15) is 5.11 Å². The van der Waals surface area contributed by atoms with Gasteiger partial charge in [0.15, 0.2) is 5.75 Å². The van der Waals surface area contributed by atoms with Crippen molar-refractivity contribution >= 4 is 22.5 Å². The van der Waals surface area contributed by atoms with E-state index in [0.717, 1.165) is 35.0 Å². The molecule has 1 aromatic heterocycles. The van der Waals surface area contributed by atoms with Crippen molar-refractivity contribution in [3.05, 3.63) is 70.9 Å². The van der Waals surface area contributed by atoms with Gasteiger partial charge >= 0.3 is 0 Å². The number of nitrogens with zero attached hydrogens (tertiary/aromatic N) is 1. The van der Waals surface area contributed by atoms with Crippen LogP contribution in [0.5, 0.6) is 5.75 Å². The second-order valence-corrected chi connectivity index (χ2v) is 7.84. The zero-order valence-electron chi connectivity index (χ0n) is 15.0. The number of likely N-dealkylation sites (tertiary alicyclic amines) is 1. The molecule has 3 nitrogen and oxygen atoms in total. The minimum absolute atomic E-state index is 0.0890.